The van der Waals surface area contributed by atoms with Crippen molar-refractivity contribution in [3.63, 3.8) is 0 Å². The normalized spacial score (nSPS) is 18.1. The number of carbonyl (C=O) groups excluding carboxylic acids is 1. The molecule has 23 heavy (non-hydrogen) atoms. The Labute approximate surface area is 143 Å². The van der Waals surface area contributed by atoms with Crippen LogP contribution < -0.4 is 4.74 Å². The van der Waals surface area contributed by atoms with Gasteiger partial charge < -0.3 is 14.4 Å². The number of esters is 1. The van der Waals surface area contributed by atoms with Crippen LogP contribution >= 0.6 is 12.4 Å². The van der Waals surface area contributed by atoms with Gasteiger partial charge in [0.25, 0.3) is 0 Å². The standard InChI is InChI=1S/C17H24FNO3.ClH/c1-2-21-17(20)14-5-3-10-19(13-14)11-4-12-22-16-8-6-15(18)7-9-16;/h6-9,14H,2-5,10-13H2,1H3;1H. The Morgan fingerprint density at radius 3 is 2.78 bits per heavy atom. The number of halogens is 2. The minimum Gasteiger partial charge on any atom is -0.494 e. The molecule has 1 fully saturated rings. The van der Waals surface area contributed by atoms with Gasteiger partial charge in [0.2, 0.25) is 0 Å². The second-order valence-corrected chi connectivity index (χ2v) is 5.55. The van der Waals surface area contributed by atoms with Crippen molar-refractivity contribution in [2.45, 2.75) is 26.2 Å². The Hall–Kier alpha value is -1.33. The molecule has 0 radical (unpaired) electrons. The second kappa shape index (κ2) is 10.4. The summed E-state index contributed by atoms with van der Waals surface area (Å²) in [5.74, 6) is 0.358. The van der Waals surface area contributed by atoms with Gasteiger partial charge in [0.05, 0.1) is 19.1 Å². The molecule has 0 spiro atoms. The summed E-state index contributed by atoms with van der Waals surface area (Å²) < 4.78 is 23.5. The van der Waals surface area contributed by atoms with Crippen molar-refractivity contribution in [3.05, 3.63) is 30.1 Å². The minimum absolute atomic E-state index is 0. The summed E-state index contributed by atoms with van der Waals surface area (Å²) in [7, 11) is 0. The molecule has 1 atom stereocenters. The first kappa shape index (κ1) is 19.7. The number of hydrogen-bond acceptors (Lipinski definition) is 4. The average Bonchev–Trinajstić information content (AvgIpc) is 2.54. The Morgan fingerprint density at radius 1 is 1.35 bits per heavy atom. The Morgan fingerprint density at radius 2 is 2.09 bits per heavy atom. The number of carbonyl (C=O) groups is 1. The maximum atomic E-state index is 12.8. The van der Waals surface area contributed by atoms with E-state index in [1.54, 1.807) is 12.1 Å². The fourth-order valence-corrected chi connectivity index (χ4v) is 2.72. The molecule has 0 amide bonds. The van der Waals surface area contributed by atoms with Crippen molar-refractivity contribution >= 4 is 18.4 Å². The van der Waals surface area contributed by atoms with Crippen LogP contribution in [-0.4, -0.2) is 43.7 Å². The molecule has 1 aliphatic heterocycles. The summed E-state index contributed by atoms with van der Waals surface area (Å²) in [6.07, 6.45) is 2.83. The predicted molar refractivity (Wildman–Crippen MR) is 89.6 cm³/mol. The lowest BCUT2D eigenvalue weighted by Gasteiger charge is -2.31. The lowest BCUT2D eigenvalue weighted by Crippen LogP contribution is -2.40. The molecule has 1 heterocycles. The molecule has 0 N–H and O–H groups in total. The lowest BCUT2D eigenvalue weighted by atomic mass is 9.98. The van der Waals surface area contributed by atoms with Crippen LogP contribution in [0.1, 0.15) is 26.2 Å². The maximum Gasteiger partial charge on any atom is 0.310 e. The summed E-state index contributed by atoms with van der Waals surface area (Å²) in [5, 5.41) is 0. The highest BCUT2D eigenvalue weighted by molar-refractivity contribution is 5.85. The molecule has 0 aliphatic carbocycles. The van der Waals surface area contributed by atoms with Crippen LogP contribution in [0.5, 0.6) is 5.75 Å². The Kier molecular flexibility index (Phi) is 8.95. The van der Waals surface area contributed by atoms with E-state index in [1.807, 2.05) is 6.92 Å². The zero-order valence-corrected chi connectivity index (χ0v) is 14.3. The van der Waals surface area contributed by atoms with Gasteiger partial charge in [0.15, 0.2) is 0 Å². The van der Waals surface area contributed by atoms with Gasteiger partial charge in [0.1, 0.15) is 11.6 Å². The van der Waals surface area contributed by atoms with Crippen molar-refractivity contribution in [3.8, 4) is 5.75 Å². The predicted octanol–water partition coefficient (Wildman–Crippen LogP) is 3.29. The van der Waals surface area contributed by atoms with Crippen molar-refractivity contribution in [1.82, 2.24) is 4.90 Å². The van der Waals surface area contributed by atoms with Gasteiger partial charge in [-0.2, -0.15) is 0 Å². The van der Waals surface area contributed by atoms with Gasteiger partial charge >= 0.3 is 5.97 Å². The van der Waals surface area contributed by atoms with Crippen molar-refractivity contribution in [2.24, 2.45) is 5.92 Å². The third kappa shape index (κ3) is 6.75. The topological polar surface area (TPSA) is 38.8 Å². The molecule has 2 rings (SSSR count). The van der Waals surface area contributed by atoms with Gasteiger partial charge in [0, 0.05) is 13.1 Å². The molecule has 6 heteroatoms. The van der Waals surface area contributed by atoms with E-state index in [1.165, 1.54) is 12.1 Å². The van der Waals surface area contributed by atoms with Crippen LogP contribution in [0.25, 0.3) is 0 Å². The van der Waals surface area contributed by atoms with Crippen molar-refractivity contribution in [2.75, 3.05) is 32.8 Å². The van der Waals surface area contributed by atoms with E-state index < -0.39 is 0 Å². The molecule has 1 aliphatic rings. The molecular weight excluding hydrogens is 321 g/mol. The van der Waals surface area contributed by atoms with E-state index in [0.29, 0.717) is 19.0 Å². The van der Waals surface area contributed by atoms with Gasteiger partial charge in [-0.15, -0.1) is 12.4 Å². The molecule has 130 valence electrons. The van der Waals surface area contributed by atoms with Gasteiger partial charge in [-0.05, 0) is 57.0 Å². The summed E-state index contributed by atoms with van der Waals surface area (Å²) in [6, 6.07) is 6.05. The molecule has 1 aromatic carbocycles. The summed E-state index contributed by atoms with van der Waals surface area (Å²) >= 11 is 0. The fraction of sp³-hybridized carbons (Fsp3) is 0.588. The van der Waals surface area contributed by atoms with E-state index in [-0.39, 0.29) is 30.1 Å². The lowest BCUT2D eigenvalue weighted by molar-refractivity contribution is -0.149. The smallest absolute Gasteiger partial charge is 0.310 e. The van der Waals surface area contributed by atoms with E-state index >= 15 is 0 Å². The Balaban J connectivity index is 0.00000264. The third-order valence-electron chi connectivity index (χ3n) is 3.83. The summed E-state index contributed by atoms with van der Waals surface area (Å²) in [5.41, 5.74) is 0. The zero-order chi connectivity index (χ0) is 15.8. The molecule has 1 aromatic rings. The number of rotatable bonds is 7. The molecule has 4 nitrogen and oxygen atoms in total. The monoisotopic (exact) mass is 345 g/mol. The number of ether oxygens (including phenoxy) is 2. The summed E-state index contributed by atoms with van der Waals surface area (Å²) in [4.78, 5) is 14.1. The van der Waals surface area contributed by atoms with Gasteiger partial charge in [-0.3, -0.25) is 4.79 Å². The van der Waals surface area contributed by atoms with Crippen LogP contribution in [0.2, 0.25) is 0 Å². The highest BCUT2D eigenvalue weighted by atomic mass is 35.5. The van der Waals surface area contributed by atoms with E-state index in [4.69, 9.17) is 9.47 Å². The maximum absolute atomic E-state index is 12.8. The fourth-order valence-electron chi connectivity index (χ4n) is 2.72. The molecule has 0 saturated carbocycles. The van der Waals surface area contributed by atoms with Crippen molar-refractivity contribution < 1.29 is 18.7 Å². The molecular formula is C17H25ClFNO3. The van der Waals surface area contributed by atoms with Gasteiger partial charge in [-0.1, -0.05) is 0 Å². The molecule has 0 aromatic heterocycles. The van der Waals surface area contributed by atoms with E-state index in [2.05, 4.69) is 4.90 Å². The van der Waals surface area contributed by atoms with Crippen LogP contribution in [0.3, 0.4) is 0 Å². The molecule has 0 bridgehead atoms. The quantitative estimate of drug-likeness (QED) is 0.561. The third-order valence-corrected chi connectivity index (χ3v) is 3.83. The van der Waals surface area contributed by atoms with Crippen LogP contribution in [0, 0.1) is 11.7 Å². The highest BCUT2D eigenvalue weighted by Gasteiger charge is 2.26. The molecule has 1 saturated heterocycles. The highest BCUT2D eigenvalue weighted by Crippen LogP contribution is 2.18. The molecule has 1 unspecified atom stereocenters. The van der Waals surface area contributed by atoms with Crippen LogP contribution in [0.4, 0.5) is 4.39 Å². The first-order chi connectivity index (χ1) is 10.7. The van der Waals surface area contributed by atoms with Crippen LogP contribution in [0.15, 0.2) is 24.3 Å². The number of likely N-dealkylation sites (tertiary alicyclic amines) is 1. The zero-order valence-electron chi connectivity index (χ0n) is 13.5. The summed E-state index contributed by atoms with van der Waals surface area (Å²) in [6.45, 7) is 5.57. The minimum atomic E-state index is -0.259. The number of hydrogen-bond donors (Lipinski definition) is 0. The second-order valence-electron chi connectivity index (χ2n) is 5.55. The number of benzene rings is 1. The number of piperidine rings is 1. The first-order valence-electron chi connectivity index (χ1n) is 7.96. The first-order valence-corrected chi connectivity index (χ1v) is 7.96. The van der Waals surface area contributed by atoms with Crippen molar-refractivity contribution in [1.29, 1.82) is 0 Å². The van der Waals surface area contributed by atoms with Gasteiger partial charge in [-0.25, -0.2) is 4.39 Å². The SMILES string of the molecule is CCOC(=O)C1CCCN(CCCOc2ccc(F)cc2)C1.Cl. The van der Waals surface area contributed by atoms with Crippen LogP contribution in [-0.2, 0) is 9.53 Å². The number of nitrogens with zero attached hydrogens (tertiary/aromatic N) is 1. The Bertz CT molecular complexity index is 469. The van der Waals surface area contributed by atoms with E-state index in [9.17, 15) is 9.18 Å². The average molecular weight is 346 g/mol. The largest absolute Gasteiger partial charge is 0.494 e. The van der Waals surface area contributed by atoms with E-state index in [0.717, 1.165) is 38.9 Å².